The van der Waals surface area contributed by atoms with Gasteiger partial charge in [-0.2, -0.15) is 5.10 Å². The fraction of sp³-hybridized carbons (Fsp3) is 0.188. The van der Waals surface area contributed by atoms with Crippen LogP contribution >= 0.6 is 23.2 Å². The minimum atomic E-state index is -0.387. The number of hydrazone groups is 1. The van der Waals surface area contributed by atoms with Gasteiger partial charge < -0.3 is 9.73 Å². The van der Waals surface area contributed by atoms with Crippen molar-refractivity contribution in [3.05, 3.63) is 51.9 Å². The number of nitrogens with zero attached hydrogens (tertiary/aromatic N) is 1. The smallest absolute Gasteiger partial charge is 0.240 e. The lowest BCUT2D eigenvalue weighted by molar-refractivity contribution is -0.124. The summed E-state index contributed by atoms with van der Waals surface area (Å²) >= 11 is 11.8. The maximum Gasteiger partial charge on any atom is 0.240 e. The van der Waals surface area contributed by atoms with Gasteiger partial charge in [0, 0.05) is 17.9 Å². The number of carbonyl (C=O) groups is 2. The van der Waals surface area contributed by atoms with Crippen LogP contribution in [-0.4, -0.2) is 18.0 Å². The SMILES string of the molecule is Cc1ccc(/C=N/NC(=O)CCC(=O)Nc2cc(Cl)ccc2Cl)o1. The highest BCUT2D eigenvalue weighted by Gasteiger charge is 2.09. The van der Waals surface area contributed by atoms with E-state index in [-0.39, 0.29) is 24.7 Å². The number of nitrogens with one attached hydrogen (secondary N) is 2. The molecule has 0 atom stereocenters. The zero-order chi connectivity index (χ0) is 17.5. The number of anilines is 1. The van der Waals surface area contributed by atoms with Gasteiger partial charge in [-0.05, 0) is 37.3 Å². The van der Waals surface area contributed by atoms with Crippen molar-refractivity contribution in [3.63, 3.8) is 0 Å². The molecular weight excluding hydrogens is 353 g/mol. The maximum absolute atomic E-state index is 11.8. The van der Waals surface area contributed by atoms with Crippen molar-refractivity contribution in [3.8, 4) is 0 Å². The number of amides is 2. The third kappa shape index (κ3) is 5.72. The molecule has 0 aliphatic carbocycles. The summed E-state index contributed by atoms with van der Waals surface area (Å²) in [4.78, 5) is 23.5. The summed E-state index contributed by atoms with van der Waals surface area (Å²) in [6, 6.07) is 8.25. The van der Waals surface area contributed by atoms with Crippen LogP contribution in [0.3, 0.4) is 0 Å². The number of aryl methyl sites for hydroxylation is 1. The lowest BCUT2D eigenvalue weighted by Crippen LogP contribution is -2.20. The molecule has 1 aromatic carbocycles. The lowest BCUT2D eigenvalue weighted by Gasteiger charge is -2.07. The predicted octanol–water partition coefficient (Wildman–Crippen LogP) is 3.76. The first-order chi connectivity index (χ1) is 11.4. The number of carbonyl (C=O) groups excluding carboxylic acids is 2. The molecule has 0 fully saturated rings. The minimum absolute atomic E-state index is 0.00987. The third-order valence-electron chi connectivity index (χ3n) is 2.92. The molecule has 0 saturated carbocycles. The first-order valence-corrected chi connectivity index (χ1v) is 7.83. The van der Waals surface area contributed by atoms with Crippen molar-refractivity contribution in [1.82, 2.24) is 5.43 Å². The van der Waals surface area contributed by atoms with Gasteiger partial charge in [-0.25, -0.2) is 5.43 Å². The zero-order valence-corrected chi connectivity index (χ0v) is 14.3. The fourth-order valence-electron chi connectivity index (χ4n) is 1.78. The molecule has 0 saturated heterocycles. The van der Waals surface area contributed by atoms with Crippen molar-refractivity contribution < 1.29 is 14.0 Å². The summed E-state index contributed by atoms with van der Waals surface area (Å²) in [5, 5.41) is 7.18. The van der Waals surface area contributed by atoms with Crippen molar-refractivity contribution >= 4 is 46.9 Å². The van der Waals surface area contributed by atoms with E-state index in [0.717, 1.165) is 5.76 Å². The van der Waals surface area contributed by atoms with E-state index in [9.17, 15) is 9.59 Å². The molecule has 0 aliphatic heterocycles. The highest BCUT2D eigenvalue weighted by atomic mass is 35.5. The number of halogens is 2. The van der Waals surface area contributed by atoms with Crippen molar-refractivity contribution in [2.75, 3.05) is 5.32 Å². The molecule has 0 radical (unpaired) electrons. The Hall–Kier alpha value is -2.31. The molecule has 6 nitrogen and oxygen atoms in total. The Labute approximate surface area is 148 Å². The Morgan fingerprint density at radius 2 is 1.92 bits per heavy atom. The number of benzene rings is 1. The number of rotatable bonds is 6. The highest BCUT2D eigenvalue weighted by molar-refractivity contribution is 6.35. The van der Waals surface area contributed by atoms with Gasteiger partial charge >= 0.3 is 0 Å². The second-order valence-electron chi connectivity index (χ2n) is 4.91. The van der Waals surface area contributed by atoms with Gasteiger partial charge in [0.05, 0.1) is 16.9 Å². The average molecular weight is 368 g/mol. The summed E-state index contributed by atoms with van der Waals surface area (Å²) in [6.07, 6.45) is 1.36. The molecule has 24 heavy (non-hydrogen) atoms. The molecule has 2 rings (SSSR count). The summed E-state index contributed by atoms with van der Waals surface area (Å²) < 4.78 is 5.26. The summed E-state index contributed by atoms with van der Waals surface area (Å²) in [6.45, 7) is 1.81. The van der Waals surface area contributed by atoms with Crippen LogP contribution in [0.1, 0.15) is 24.4 Å². The van der Waals surface area contributed by atoms with E-state index in [2.05, 4.69) is 15.8 Å². The lowest BCUT2D eigenvalue weighted by atomic mass is 10.2. The van der Waals surface area contributed by atoms with Crippen LogP contribution in [-0.2, 0) is 9.59 Å². The first-order valence-electron chi connectivity index (χ1n) is 7.07. The van der Waals surface area contributed by atoms with Crippen LogP contribution in [0.5, 0.6) is 0 Å². The second-order valence-corrected chi connectivity index (χ2v) is 5.76. The molecule has 1 heterocycles. The van der Waals surface area contributed by atoms with Crippen molar-refractivity contribution in [2.45, 2.75) is 19.8 Å². The molecule has 126 valence electrons. The Morgan fingerprint density at radius 3 is 2.62 bits per heavy atom. The third-order valence-corrected chi connectivity index (χ3v) is 3.49. The monoisotopic (exact) mass is 367 g/mol. The van der Waals surface area contributed by atoms with E-state index in [1.54, 1.807) is 31.2 Å². The standard InChI is InChI=1S/C16H15Cl2N3O3/c1-10-2-4-12(24-10)9-19-21-16(23)7-6-15(22)20-14-8-11(17)3-5-13(14)18/h2-5,8-9H,6-7H2,1H3,(H,20,22)(H,21,23)/b19-9+. The molecule has 2 aromatic rings. The van der Waals surface area contributed by atoms with Crippen molar-refractivity contribution in [1.29, 1.82) is 0 Å². The maximum atomic E-state index is 11.8. The molecule has 0 bridgehead atoms. The normalized spacial score (nSPS) is 10.8. The van der Waals surface area contributed by atoms with Crippen molar-refractivity contribution in [2.24, 2.45) is 5.10 Å². The van der Waals surface area contributed by atoms with E-state index >= 15 is 0 Å². The largest absolute Gasteiger partial charge is 0.460 e. The highest BCUT2D eigenvalue weighted by Crippen LogP contribution is 2.25. The molecule has 8 heteroatoms. The molecule has 2 N–H and O–H groups in total. The zero-order valence-electron chi connectivity index (χ0n) is 12.8. The quantitative estimate of drug-likeness (QED) is 0.602. The summed E-state index contributed by atoms with van der Waals surface area (Å²) in [5.74, 6) is 0.544. The van der Waals surface area contributed by atoms with Gasteiger partial charge in [0.25, 0.3) is 0 Å². The van der Waals surface area contributed by atoms with Gasteiger partial charge in [0.15, 0.2) is 0 Å². The Morgan fingerprint density at radius 1 is 1.17 bits per heavy atom. The molecule has 0 spiro atoms. The van der Waals surface area contributed by atoms with E-state index < -0.39 is 0 Å². The Balaban J connectivity index is 1.75. The number of hydrogen-bond donors (Lipinski definition) is 2. The number of hydrogen-bond acceptors (Lipinski definition) is 4. The molecule has 1 aromatic heterocycles. The van der Waals surface area contributed by atoms with Crippen LogP contribution in [0.15, 0.2) is 39.9 Å². The van der Waals surface area contributed by atoms with Gasteiger partial charge in [0.1, 0.15) is 11.5 Å². The molecule has 0 unspecified atom stereocenters. The van der Waals surface area contributed by atoms with E-state index in [0.29, 0.717) is 21.5 Å². The van der Waals surface area contributed by atoms with Gasteiger partial charge in [-0.1, -0.05) is 23.2 Å². The summed E-state index contributed by atoms with van der Waals surface area (Å²) in [5.41, 5.74) is 2.73. The summed E-state index contributed by atoms with van der Waals surface area (Å²) in [7, 11) is 0. The van der Waals surface area contributed by atoms with E-state index in [4.69, 9.17) is 27.6 Å². The van der Waals surface area contributed by atoms with E-state index in [1.165, 1.54) is 12.3 Å². The van der Waals surface area contributed by atoms with Gasteiger partial charge in [-0.3, -0.25) is 9.59 Å². The van der Waals surface area contributed by atoms with E-state index in [1.807, 2.05) is 0 Å². The first kappa shape index (κ1) is 18.0. The Kier molecular flexibility index (Phi) is 6.40. The fourth-order valence-corrected chi connectivity index (χ4v) is 2.12. The Bertz CT molecular complexity index is 772. The molecule has 0 aliphatic rings. The van der Waals surface area contributed by atoms with Gasteiger partial charge in [0.2, 0.25) is 11.8 Å². The van der Waals surface area contributed by atoms with Gasteiger partial charge in [-0.15, -0.1) is 0 Å². The molecular formula is C16H15Cl2N3O3. The van der Waals surface area contributed by atoms with Crippen LogP contribution in [0.4, 0.5) is 5.69 Å². The van der Waals surface area contributed by atoms with Crippen LogP contribution < -0.4 is 10.7 Å². The van der Waals surface area contributed by atoms with Crippen LogP contribution in [0, 0.1) is 6.92 Å². The van der Waals surface area contributed by atoms with Crippen LogP contribution in [0.2, 0.25) is 10.0 Å². The number of furan rings is 1. The average Bonchev–Trinajstić information content (AvgIpc) is 2.94. The van der Waals surface area contributed by atoms with Crippen LogP contribution in [0.25, 0.3) is 0 Å². The second kappa shape index (κ2) is 8.52. The molecule has 2 amide bonds. The predicted molar refractivity (Wildman–Crippen MR) is 93.5 cm³/mol. The minimum Gasteiger partial charge on any atom is -0.460 e. The topological polar surface area (TPSA) is 83.7 Å².